The fourth-order valence-electron chi connectivity index (χ4n) is 2.07. The molecule has 1 aromatic carbocycles. The standard InChI is InChI=1S/C16H25ClN2O2.ClH/c1-12(2)10-15(13-4-6-14(17)7-5-13)19-16(20)11-18-8-9-21-3;/h4-7,12,15,18H,8-11H2,1-3H3,(H,19,20);1H. The van der Waals surface area contributed by atoms with Crippen LogP contribution in [-0.4, -0.2) is 32.7 Å². The van der Waals surface area contributed by atoms with Gasteiger partial charge in [-0.2, -0.15) is 0 Å². The van der Waals surface area contributed by atoms with Gasteiger partial charge in [-0.05, 0) is 30.0 Å². The first-order valence-electron chi connectivity index (χ1n) is 7.27. The van der Waals surface area contributed by atoms with E-state index in [4.69, 9.17) is 16.3 Å². The molecule has 0 saturated heterocycles. The third kappa shape index (κ3) is 8.59. The summed E-state index contributed by atoms with van der Waals surface area (Å²) in [5.41, 5.74) is 1.08. The molecule has 0 radical (unpaired) electrons. The van der Waals surface area contributed by atoms with Crippen LogP contribution in [0.2, 0.25) is 5.02 Å². The summed E-state index contributed by atoms with van der Waals surface area (Å²) in [7, 11) is 1.64. The Morgan fingerprint density at radius 2 is 1.91 bits per heavy atom. The van der Waals surface area contributed by atoms with E-state index in [9.17, 15) is 4.79 Å². The van der Waals surface area contributed by atoms with Crippen LogP contribution in [0.25, 0.3) is 0 Å². The van der Waals surface area contributed by atoms with Gasteiger partial charge in [0.2, 0.25) is 5.91 Å². The van der Waals surface area contributed by atoms with Gasteiger partial charge in [0.1, 0.15) is 0 Å². The summed E-state index contributed by atoms with van der Waals surface area (Å²) in [6.45, 7) is 5.85. The van der Waals surface area contributed by atoms with Crippen LogP contribution in [0.3, 0.4) is 0 Å². The quantitative estimate of drug-likeness (QED) is 0.673. The van der Waals surface area contributed by atoms with Crippen LogP contribution < -0.4 is 10.6 Å². The van der Waals surface area contributed by atoms with E-state index in [1.165, 1.54) is 0 Å². The molecule has 6 heteroatoms. The first-order valence-corrected chi connectivity index (χ1v) is 7.65. The second-order valence-electron chi connectivity index (χ2n) is 5.47. The van der Waals surface area contributed by atoms with Crippen molar-refractivity contribution in [2.45, 2.75) is 26.3 Å². The van der Waals surface area contributed by atoms with Crippen molar-refractivity contribution >= 4 is 29.9 Å². The minimum absolute atomic E-state index is 0. The summed E-state index contributed by atoms with van der Waals surface area (Å²) >= 11 is 5.92. The van der Waals surface area contributed by atoms with Crippen LogP contribution >= 0.6 is 24.0 Å². The lowest BCUT2D eigenvalue weighted by Crippen LogP contribution is -2.37. The second kappa shape index (κ2) is 11.7. The summed E-state index contributed by atoms with van der Waals surface area (Å²) in [4.78, 5) is 12.0. The van der Waals surface area contributed by atoms with Crippen molar-refractivity contribution in [2.75, 3.05) is 26.8 Å². The van der Waals surface area contributed by atoms with Gasteiger partial charge in [0.05, 0.1) is 19.2 Å². The first-order chi connectivity index (χ1) is 10.0. The molecular weight excluding hydrogens is 323 g/mol. The average Bonchev–Trinajstić information content (AvgIpc) is 2.43. The summed E-state index contributed by atoms with van der Waals surface area (Å²) in [5, 5.41) is 6.83. The zero-order chi connectivity index (χ0) is 15.7. The fourth-order valence-corrected chi connectivity index (χ4v) is 2.19. The number of benzene rings is 1. The maximum atomic E-state index is 12.0. The predicted octanol–water partition coefficient (Wildman–Crippen LogP) is 3.20. The lowest BCUT2D eigenvalue weighted by Gasteiger charge is -2.21. The summed E-state index contributed by atoms with van der Waals surface area (Å²) in [5.74, 6) is 0.485. The highest BCUT2D eigenvalue weighted by Crippen LogP contribution is 2.22. The number of amides is 1. The molecule has 1 atom stereocenters. The molecule has 1 unspecified atom stereocenters. The van der Waals surface area contributed by atoms with Crippen LogP contribution in [0.1, 0.15) is 31.9 Å². The minimum atomic E-state index is -0.00768. The molecule has 0 aliphatic rings. The molecule has 0 aromatic heterocycles. The highest BCUT2D eigenvalue weighted by atomic mass is 35.5. The van der Waals surface area contributed by atoms with Gasteiger partial charge in [-0.1, -0.05) is 37.6 Å². The molecular formula is C16H26Cl2N2O2. The number of halogens is 2. The van der Waals surface area contributed by atoms with Crippen molar-refractivity contribution in [1.82, 2.24) is 10.6 Å². The zero-order valence-corrected chi connectivity index (χ0v) is 15.0. The van der Waals surface area contributed by atoms with E-state index in [0.717, 1.165) is 12.0 Å². The van der Waals surface area contributed by atoms with Crippen molar-refractivity contribution in [2.24, 2.45) is 5.92 Å². The van der Waals surface area contributed by atoms with E-state index in [-0.39, 0.29) is 24.4 Å². The van der Waals surface area contributed by atoms with Gasteiger partial charge in [0.15, 0.2) is 0 Å². The van der Waals surface area contributed by atoms with Crippen molar-refractivity contribution in [3.63, 3.8) is 0 Å². The number of nitrogens with one attached hydrogen (secondary N) is 2. The number of carbonyl (C=O) groups is 1. The number of carbonyl (C=O) groups excluding carboxylic acids is 1. The molecule has 1 rings (SSSR count). The third-order valence-electron chi connectivity index (χ3n) is 3.08. The topological polar surface area (TPSA) is 50.4 Å². The van der Waals surface area contributed by atoms with E-state index in [1.54, 1.807) is 7.11 Å². The van der Waals surface area contributed by atoms with Gasteiger partial charge >= 0.3 is 0 Å². The highest BCUT2D eigenvalue weighted by molar-refractivity contribution is 6.30. The summed E-state index contributed by atoms with van der Waals surface area (Å²) in [6.07, 6.45) is 0.894. The number of hydrogen-bond acceptors (Lipinski definition) is 3. The zero-order valence-electron chi connectivity index (χ0n) is 13.4. The average molecular weight is 349 g/mol. The highest BCUT2D eigenvalue weighted by Gasteiger charge is 2.15. The van der Waals surface area contributed by atoms with Crippen molar-refractivity contribution in [1.29, 1.82) is 0 Å². The molecule has 0 spiro atoms. The normalized spacial score (nSPS) is 11.9. The Balaban J connectivity index is 0.00000441. The molecule has 126 valence electrons. The Hall–Kier alpha value is -0.810. The Kier molecular flexibility index (Phi) is 11.3. The number of ether oxygens (including phenoxy) is 1. The van der Waals surface area contributed by atoms with Crippen LogP contribution in [-0.2, 0) is 9.53 Å². The lowest BCUT2D eigenvalue weighted by molar-refractivity contribution is -0.121. The lowest BCUT2D eigenvalue weighted by atomic mass is 9.97. The molecule has 22 heavy (non-hydrogen) atoms. The van der Waals surface area contributed by atoms with Crippen LogP contribution in [0.15, 0.2) is 24.3 Å². The van der Waals surface area contributed by atoms with Crippen LogP contribution in [0, 0.1) is 5.92 Å². The molecule has 4 nitrogen and oxygen atoms in total. The van der Waals surface area contributed by atoms with E-state index in [0.29, 0.717) is 30.6 Å². The van der Waals surface area contributed by atoms with Gasteiger partial charge in [-0.25, -0.2) is 0 Å². The van der Waals surface area contributed by atoms with E-state index >= 15 is 0 Å². The second-order valence-corrected chi connectivity index (χ2v) is 5.91. The van der Waals surface area contributed by atoms with Crippen LogP contribution in [0.4, 0.5) is 0 Å². The van der Waals surface area contributed by atoms with Gasteiger partial charge in [-0.3, -0.25) is 4.79 Å². The van der Waals surface area contributed by atoms with E-state index in [1.807, 2.05) is 24.3 Å². The Labute approximate surface area is 144 Å². The van der Waals surface area contributed by atoms with Crippen molar-refractivity contribution < 1.29 is 9.53 Å². The van der Waals surface area contributed by atoms with Crippen molar-refractivity contribution in [3.05, 3.63) is 34.9 Å². The molecule has 0 aliphatic heterocycles. The van der Waals surface area contributed by atoms with Crippen LogP contribution in [0.5, 0.6) is 0 Å². The summed E-state index contributed by atoms with van der Waals surface area (Å²) in [6, 6.07) is 7.65. The molecule has 0 bridgehead atoms. The number of rotatable bonds is 9. The SMILES string of the molecule is COCCNCC(=O)NC(CC(C)C)c1ccc(Cl)cc1.Cl. The smallest absolute Gasteiger partial charge is 0.234 e. The van der Waals surface area contributed by atoms with E-state index < -0.39 is 0 Å². The molecule has 2 N–H and O–H groups in total. The van der Waals surface area contributed by atoms with Gasteiger partial charge < -0.3 is 15.4 Å². The first kappa shape index (κ1) is 21.2. The van der Waals surface area contributed by atoms with Gasteiger partial charge in [0.25, 0.3) is 0 Å². The third-order valence-corrected chi connectivity index (χ3v) is 3.34. The minimum Gasteiger partial charge on any atom is -0.383 e. The largest absolute Gasteiger partial charge is 0.383 e. The molecule has 0 fully saturated rings. The molecule has 0 heterocycles. The summed E-state index contributed by atoms with van der Waals surface area (Å²) < 4.78 is 4.93. The van der Waals surface area contributed by atoms with E-state index in [2.05, 4.69) is 24.5 Å². The molecule has 0 saturated carbocycles. The molecule has 1 aromatic rings. The predicted molar refractivity (Wildman–Crippen MR) is 93.8 cm³/mol. The Morgan fingerprint density at radius 1 is 1.27 bits per heavy atom. The van der Waals surface area contributed by atoms with Crippen molar-refractivity contribution in [3.8, 4) is 0 Å². The number of hydrogen-bond donors (Lipinski definition) is 2. The fraction of sp³-hybridized carbons (Fsp3) is 0.562. The Morgan fingerprint density at radius 3 is 2.45 bits per heavy atom. The van der Waals surface area contributed by atoms with Gasteiger partial charge in [-0.15, -0.1) is 12.4 Å². The number of methoxy groups -OCH3 is 1. The molecule has 1 amide bonds. The van der Waals surface area contributed by atoms with Gasteiger partial charge in [0, 0.05) is 18.7 Å². The monoisotopic (exact) mass is 348 g/mol. The molecule has 0 aliphatic carbocycles. The maximum absolute atomic E-state index is 12.0. The maximum Gasteiger partial charge on any atom is 0.234 e. The Bertz CT molecular complexity index is 425.